The van der Waals surface area contributed by atoms with Crippen LogP contribution in [-0.2, 0) is 11.3 Å². The van der Waals surface area contributed by atoms with E-state index in [1.807, 2.05) is 31.2 Å². The maximum Gasteiger partial charge on any atom is 0.212 e. The van der Waals surface area contributed by atoms with Crippen LogP contribution in [0.1, 0.15) is 33.3 Å². The highest BCUT2D eigenvalue weighted by molar-refractivity contribution is 5.34. The van der Waals surface area contributed by atoms with E-state index in [0.717, 1.165) is 11.3 Å². The summed E-state index contributed by atoms with van der Waals surface area (Å²) in [4.78, 5) is 0. The molecule has 82 valence electrons. The number of ether oxygens (including phenoxy) is 2. The van der Waals surface area contributed by atoms with E-state index in [2.05, 4.69) is 20.8 Å². The first-order chi connectivity index (χ1) is 6.92. The Morgan fingerprint density at radius 3 is 2.53 bits per heavy atom. The zero-order valence-corrected chi connectivity index (χ0v) is 9.83. The fourth-order valence-electron chi connectivity index (χ4n) is 1.55. The Labute approximate surface area is 91.2 Å². The average molecular weight is 206 g/mol. The van der Waals surface area contributed by atoms with Gasteiger partial charge in [-0.15, -0.1) is 0 Å². The van der Waals surface area contributed by atoms with Crippen LogP contribution in [0, 0.1) is 5.41 Å². The van der Waals surface area contributed by atoms with Crippen molar-refractivity contribution in [3.63, 3.8) is 0 Å². The van der Waals surface area contributed by atoms with E-state index in [0.29, 0.717) is 6.61 Å². The topological polar surface area (TPSA) is 18.5 Å². The smallest absolute Gasteiger partial charge is 0.212 e. The van der Waals surface area contributed by atoms with Gasteiger partial charge in [0, 0.05) is 17.9 Å². The summed E-state index contributed by atoms with van der Waals surface area (Å²) in [5.41, 5.74) is 1.08. The Hall–Kier alpha value is -1.02. The predicted octanol–water partition coefficient (Wildman–Crippen LogP) is 3.36. The zero-order chi connectivity index (χ0) is 11.1. The van der Waals surface area contributed by atoms with Crippen LogP contribution >= 0.6 is 0 Å². The van der Waals surface area contributed by atoms with Crippen LogP contribution in [0.4, 0.5) is 0 Å². The van der Waals surface area contributed by atoms with Gasteiger partial charge in [-0.25, -0.2) is 0 Å². The van der Waals surface area contributed by atoms with Crippen molar-refractivity contribution in [3.05, 3.63) is 29.8 Å². The molecule has 0 aromatic heterocycles. The van der Waals surface area contributed by atoms with Crippen LogP contribution in [0.25, 0.3) is 0 Å². The lowest BCUT2D eigenvalue weighted by molar-refractivity contribution is -0.249. The van der Waals surface area contributed by atoms with Crippen LogP contribution < -0.4 is 4.74 Å². The third-order valence-electron chi connectivity index (χ3n) is 3.14. The lowest BCUT2D eigenvalue weighted by Gasteiger charge is -2.44. The summed E-state index contributed by atoms with van der Waals surface area (Å²) in [5, 5.41) is 0. The molecule has 1 aromatic rings. The molecule has 2 nitrogen and oxygen atoms in total. The number of para-hydroxylation sites is 1. The molecule has 0 bridgehead atoms. The SMILES string of the molecule is CC(C)(C)C1(C)OCc2ccccc2O1. The second-order valence-electron chi connectivity index (χ2n) is 5.19. The van der Waals surface area contributed by atoms with E-state index in [1.54, 1.807) is 0 Å². The molecule has 1 aliphatic heterocycles. The van der Waals surface area contributed by atoms with Crippen molar-refractivity contribution >= 4 is 0 Å². The first-order valence-electron chi connectivity index (χ1n) is 5.33. The molecule has 0 spiro atoms. The molecule has 1 aromatic carbocycles. The summed E-state index contributed by atoms with van der Waals surface area (Å²) in [6, 6.07) is 8.04. The first kappa shape index (κ1) is 10.5. The van der Waals surface area contributed by atoms with Crippen molar-refractivity contribution in [1.29, 1.82) is 0 Å². The van der Waals surface area contributed by atoms with Gasteiger partial charge < -0.3 is 9.47 Å². The van der Waals surface area contributed by atoms with E-state index in [-0.39, 0.29) is 5.41 Å². The molecule has 2 rings (SSSR count). The van der Waals surface area contributed by atoms with E-state index in [1.165, 1.54) is 0 Å². The van der Waals surface area contributed by atoms with Crippen LogP contribution in [-0.4, -0.2) is 5.79 Å². The summed E-state index contributed by atoms with van der Waals surface area (Å²) >= 11 is 0. The quantitative estimate of drug-likeness (QED) is 0.648. The van der Waals surface area contributed by atoms with Gasteiger partial charge in [-0.3, -0.25) is 0 Å². The van der Waals surface area contributed by atoms with E-state index in [4.69, 9.17) is 9.47 Å². The number of benzene rings is 1. The minimum Gasteiger partial charge on any atom is -0.462 e. The second-order valence-corrected chi connectivity index (χ2v) is 5.19. The van der Waals surface area contributed by atoms with Gasteiger partial charge in [0.25, 0.3) is 0 Å². The van der Waals surface area contributed by atoms with Gasteiger partial charge in [-0.1, -0.05) is 39.0 Å². The van der Waals surface area contributed by atoms with Crippen molar-refractivity contribution in [2.24, 2.45) is 5.41 Å². The summed E-state index contributed by atoms with van der Waals surface area (Å²) in [6.45, 7) is 9.01. The molecule has 1 aliphatic rings. The van der Waals surface area contributed by atoms with Crippen molar-refractivity contribution in [2.45, 2.75) is 40.1 Å². The Balaban J connectivity index is 2.33. The van der Waals surface area contributed by atoms with E-state index >= 15 is 0 Å². The minimum atomic E-state index is -0.540. The van der Waals surface area contributed by atoms with Crippen molar-refractivity contribution in [3.8, 4) is 5.75 Å². The van der Waals surface area contributed by atoms with E-state index in [9.17, 15) is 0 Å². The fraction of sp³-hybridized carbons (Fsp3) is 0.538. The van der Waals surface area contributed by atoms with Gasteiger partial charge in [0.15, 0.2) is 0 Å². The van der Waals surface area contributed by atoms with Gasteiger partial charge in [0.2, 0.25) is 5.79 Å². The Bertz CT molecular complexity index is 365. The third-order valence-corrected chi connectivity index (χ3v) is 3.14. The number of hydrogen-bond acceptors (Lipinski definition) is 2. The molecule has 0 fully saturated rings. The maximum absolute atomic E-state index is 5.96. The molecule has 0 saturated carbocycles. The van der Waals surface area contributed by atoms with Crippen LogP contribution in [0.5, 0.6) is 5.75 Å². The number of rotatable bonds is 0. The van der Waals surface area contributed by atoms with Gasteiger partial charge in [-0.05, 0) is 6.07 Å². The monoisotopic (exact) mass is 206 g/mol. The lowest BCUT2D eigenvalue weighted by Crippen LogP contribution is -2.49. The molecule has 1 unspecified atom stereocenters. The summed E-state index contributed by atoms with van der Waals surface area (Å²) < 4.78 is 11.8. The lowest BCUT2D eigenvalue weighted by atomic mass is 9.86. The van der Waals surface area contributed by atoms with Gasteiger partial charge >= 0.3 is 0 Å². The molecule has 1 heterocycles. The summed E-state index contributed by atoms with van der Waals surface area (Å²) in [6.07, 6.45) is 0. The van der Waals surface area contributed by atoms with Gasteiger partial charge in [0.1, 0.15) is 5.75 Å². The van der Waals surface area contributed by atoms with Crippen LogP contribution in [0.15, 0.2) is 24.3 Å². The number of hydrogen-bond donors (Lipinski definition) is 0. The third kappa shape index (κ3) is 1.74. The minimum absolute atomic E-state index is 0.0411. The predicted molar refractivity (Wildman–Crippen MR) is 59.7 cm³/mol. The van der Waals surface area contributed by atoms with Crippen molar-refractivity contribution in [1.82, 2.24) is 0 Å². The maximum atomic E-state index is 5.96. The highest BCUT2D eigenvalue weighted by Crippen LogP contribution is 2.40. The molecule has 1 atom stereocenters. The Kier molecular flexibility index (Phi) is 2.27. The first-order valence-corrected chi connectivity index (χ1v) is 5.33. The molecule has 2 heteroatoms. The molecule has 0 saturated heterocycles. The fourth-order valence-corrected chi connectivity index (χ4v) is 1.55. The molecule has 0 N–H and O–H groups in total. The van der Waals surface area contributed by atoms with Gasteiger partial charge in [0.05, 0.1) is 6.61 Å². The van der Waals surface area contributed by atoms with Gasteiger partial charge in [-0.2, -0.15) is 0 Å². The zero-order valence-electron chi connectivity index (χ0n) is 9.83. The van der Waals surface area contributed by atoms with Crippen LogP contribution in [0.2, 0.25) is 0 Å². The molecular formula is C13H18O2. The largest absolute Gasteiger partial charge is 0.462 e. The van der Waals surface area contributed by atoms with Crippen LogP contribution in [0.3, 0.4) is 0 Å². The second kappa shape index (κ2) is 3.24. The average Bonchev–Trinajstić information content (AvgIpc) is 2.16. The summed E-state index contributed by atoms with van der Waals surface area (Å²) in [7, 11) is 0. The van der Waals surface area contributed by atoms with Crippen molar-refractivity contribution in [2.75, 3.05) is 0 Å². The van der Waals surface area contributed by atoms with Crippen molar-refractivity contribution < 1.29 is 9.47 Å². The molecule has 0 radical (unpaired) electrons. The molecule has 0 amide bonds. The Morgan fingerprint density at radius 1 is 1.20 bits per heavy atom. The molecule has 15 heavy (non-hydrogen) atoms. The standard InChI is InChI=1S/C13H18O2/c1-12(2,3)13(4)14-9-10-7-5-6-8-11(10)15-13/h5-8H,9H2,1-4H3. The highest BCUT2D eigenvalue weighted by Gasteiger charge is 2.43. The number of fused-ring (bicyclic) bond motifs is 1. The summed E-state index contributed by atoms with van der Waals surface area (Å²) in [5.74, 6) is 0.405. The molecular weight excluding hydrogens is 188 g/mol. The normalized spacial score (nSPS) is 25.6. The Morgan fingerprint density at radius 2 is 1.87 bits per heavy atom. The molecule has 0 aliphatic carbocycles. The highest BCUT2D eigenvalue weighted by atomic mass is 16.7. The van der Waals surface area contributed by atoms with E-state index < -0.39 is 5.79 Å².